The van der Waals surface area contributed by atoms with E-state index in [2.05, 4.69) is 10.6 Å². The zero-order valence-corrected chi connectivity index (χ0v) is 20.4. The van der Waals surface area contributed by atoms with Gasteiger partial charge in [0.15, 0.2) is 11.5 Å². The van der Waals surface area contributed by atoms with E-state index in [9.17, 15) is 20.1 Å². The number of hydrogen-bond donors (Lipinski definition) is 5. The summed E-state index contributed by atoms with van der Waals surface area (Å²) in [6.45, 7) is 4.47. The number of amides is 1. The van der Waals surface area contributed by atoms with E-state index in [1.54, 1.807) is 20.1 Å². The molecule has 7 heteroatoms. The smallest absolute Gasteiger partial charge is 0.224 e. The Morgan fingerprint density at radius 3 is 2.43 bits per heavy atom. The van der Waals surface area contributed by atoms with E-state index < -0.39 is 6.10 Å². The highest BCUT2D eigenvalue weighted by Gasteiger charge is 2.16. The molecule has 7 nitrogen and oxygen atoms in total. The van der Waals surface area contributed by atoms with Crippen molar-refractivity contribution in [2.24, 2.45) is 0 Å². The molecule has 3 aromatic carbocycles. The SMILES string of the molecule is COc1cccc(CNC(=O)Cc2ccc(C[C@@H](C)NC[C@H](O)c3ccc(O)c(O)c3C)cc2)c1. The average molecular weight is 479 g/mol. The van der Waals surface area contributed by atoms with E-state index in [1.165, 1.54) is 6.07 Å². The number of hydrogen-bond acceptors (Lipinski definition) is 6. The number of aliphatic hydroxyl groups excluding tert-OH is 1. The maximum Gasteiger partial charge on any atom is 0.224 e. The number of aliphatic hydroxyl groups is 1. The number of carbonyl (C=O) groups excluding carboxylic acids is 1. The van der Waals surface area contributed by atoms with Crippen LogP contribution in [-0.2, 0) is 24.2 Å². The van der Waals surface area contributed by atoms with E-state index in [4.69, 9.17) is 4.74 Å². The highest BCUT2D eigenvalue weighted by atomic mass is 16.5. The molecule has 0 unspecified atom stereocenters. The predicted molar refractivity (Wildman–Crippen MR) is 136 cm³/mol. The molecule has 0 spiro atoms. The fraction of sp³-hybridized carbons (Fsp3) is 0.321. The molecule has 2 atom stereocenters. The number of ether oxygens (including phenoxy) is 1. The molecule has 0 radical (unpaired) electrons. The Morgan fingerprint density at radius 1 is 1.00 bits per heavy atom. The van der Waals surface area contributed by atoms with Crippen molar-refractivity contribution in [2.45, 2.75) is 45.4 Å². The van der Waals surface area contributed by atoms with Crippen molar-refractivity contribution >= 4 is 5.91 Å². The van der Waals surface area contributed by atoms with Gasteiger partial charge in [-0.15, -0.1) is 0 Å². The average Bonchev–Trinajstić information content (AvgIpc) is 2.86. The van der Waals surface area contributed by atoms with Gasteiger partial charge < -0.3 is 30.7 Å². The molecule has 0 aliphatic carbocycles. The molecule has 0 saturated heterocycles. The van der Waals surface area contributed by atoms with E-state index in [0.29, 0.717) is 30.6 Å². The van der Waals surface area contributed by atoms with Gasteiger partial charge in [-0.2, -0.15) is 0 Å². The second-order valence-electron chi connectivity index (χ2n) is 8.80. The summed E-state index contributed by atoms with van der Waals surface area (Å²) in [7, 11) is 1.62. The minimum absolute atomic E-state index is 0.0415. The van der Waals surface area contributed by atoms with Crippen molar-refractivity contribution in [3.63, 3.8) is 0 Å². The first kappa shape index (κ1) is 26.1. The summed E-state index contributed by atoms with van der Waals surface area (Å²) in [5.41, 5.74) is 4.09. The monoisotopic (exact) mass is 478 g/mol. The van der Waals surface area contributed by atoms with Gasteiger partial charge in [0.05, 0.1) is 19.6 Å². The van der Waals surface area contributed by atoms with Gasteiger partial charge in [-0.1, -0.05) is 42.5 Å². The van der Waals surface area contributed by atoms with Crippen LogP contribution in [0.15, 0.2) is 60.7 Å². The van der Waals surface area contributed by atoms with Gasteiger partial charge in [0, 0.05) is 24.7 Å². The van der Waals surface area contributed by atoms with Crippen LogP contribution in [0.5, 0.6) is 17.2 Å². The van der Waals surface area contributed by atoms with Crippen LogP contribution in [0.25, 0.3) is 0 Å². The zero-order chi connectivity index (χ0) is 25.4. The molecule has 5 N–H and O–H groups in total. The van der Waals surface area contributed by atoms with Crippen LogP contribution in [0.1, 0.15) is 40.8 Å². The molecule has 186 valence electrons. The summed E-state index contributed by atoms with van der Waals surface area (Å²) in [5, 5.41) is 36.2. The number of rotatable bonds is 11. The Labute approximate surface area is 206 Å². The third kappa shape index (κ3) is 7.47. The number of phenols is 2. The number of carbonyl (C=O) groups is 1. The second kappa shape index (κ2) is 12.2. The quantitative estimate of drug-likeness (QED) is 0.270. The maximum absolute atomic E-state index is 12.3. The van der Waals surface area contributed by atoms with Crippen molar-refractivity contribution < 1.29 is 24.9 Å². The Kier molecular flexibility index (Phi) is 9.11. The Balaban J connectivity index is 1.44. The number of aromatic hydroxyl groups is 2. The van der Waals surface area contributed by atoms with Gasteiger partial charge in [-0.05, 0) is 60.7 Å². The maximum atomic E-state index is 12.3. The van der Waals surface area contributed by atoms with Gasteiger partial charge in [-0.3, -0.25) is 4.79 Å². The molecular weight excluding hydrogens is 444 g/mol. The minimum atomic E-state index is -0.804. The van der Waals surface area contributed by atoms with Gasteiger partial charge in [0.25, 0.3) is 0 Å². The Bertz CT molecular complexity index is 1130. The van der Waals surface area contributed by atoms with E-state index >= 15 is 0 Å². The molecular formula is C28H34N2O5. The third-order valence-electron chi connectivity index (χ3n) is 6.02. The van der Waals surface area contributed by atoms with Crippen LogP contribution < -0.4 is 15.4 Å². The van der Waals surface area contributed by atoms with E-state index in [-0.39, 0.29) is 23.4 Å². The molecule has 35 heavy (non-hydrogen) atoms. The lowest BCUT2D eigenvalue weighted by Gasteiger charge is -2.19. The standard InChI is InChI=1S/C28H34N2O5/c1-18(29-17-26(32)24-11-12-25(31)28(34)19(24)2)13-20-7-9-21(10-8-20)15-27(33)30-16-22-5-4-6-23(14-22)35-3/h4-12,14,18,26,29,31-32,34H,13,15-17H2,1-3H3,(H,30,33)/t18-,26+/m1/s1. The van der Waals surface area contributed by atoms with Crippen LogP contribution in [0.2, 0.25) is 0 Å². The molecule has 0 aliphatic heterocycles. The first-order valence-corrected chi connectivity index (χ1v) is 11.7. The highest BCUT2D eigenvalue weighted by Crippen LogP contribution is 2.33. The van der Waals surface area contributed by atoms with E-state index in [0.717, 1.165) is 28.9 Å². The summed E-state index contributed by atoms with van der Waals surface area (Å²) in [6, 6.07) is 18.7. The second-order valence-corrected chi connectivity index (χ2v) is 8.80. The fourth-order valence-corrected chi connectivity index (χ4v) is 3.94. The van der Waals surface area contributed by atoms with Crippen LogP contribution in [0.3, 0.4) is 0 Å². The summed E-state index contributed by atoms with van der Waals surface area (Å²) < 4.78 is 5.21. The minimum Gasteiger partial charge on any atom is -0.504 e. The van der Waals surface area contributed by atoms with Crippen LogP contribution in [-0.4, -0.2) is 40.9 Å². The van der Waals surface area contributed by atoms with Crippen molar-refractivity contribution in [3.8, 4) is 17.2 Å². The van der Waals surface area contributed by atoms with Crippen LogP contribution in [0.4, 0.5) is 0 Å². The van der Waals surface area contributed by atoms with Crippen molar-refractivity contribution in [3.05, 3.63) is 88.5 Å². The number of phenolic OH excluding ortho intramolecular Hbond substituents is 2. The molecule has 0 aromatic heterocycles. The van der Waals surface area contributed by atoms with Crippen LogP contribution in [0, 0.1) is 6.92 Å². The van der Waals surface area contributed by atoms with Gasteiger partial charge in [0.1, 0.15) is 5.75 Å². The predicted octanol–water partition coefficient (Wildman–Crippen LogP) is 3.53. The molecule has 0 heterocycles. The molecule has 3 rings (SSSR count). The summed E-state index contributed by atoms with van der Waals surface area (Å²) in [6.07, 6.45) is 0.264. The molecule has 0 saturated carbocycles. The molecule has 0 aliphatic rings. The topological polar surface area (TPSA) is 111 Å². The molecule has 3 aromatic rings. The number of benzene rings is 3. The lowest BCUT2D eigenvalue weighted by atomic mass is 10.0. The Morgan fingerprint density at radius 2 is 1.71 bits per heavy atom. The first-order chi connectivity index (χ1) is 16.8. The summed E-state index contributed by atoms with van der Waals surface area (Å²) in [5.74, 6) is 0.321. The first-order valence-electron chi connectivity index (χ1n) is 11.7. The van der Waals surface area contributed by atoms with Crippen molar-refractivity contribution in [2.75, 3.05) is 13.7 Å². The number of nitrogens with one attached hydrogen (secondary N) is 2. The lowest BCUT2D eigenvalue weighted by molar-refractivity contribution is -0.120. The molecule has 1 amide bonds. The Hall–Kier alpha value is -3.55. The zero-order valence-electron chi connectivity index (χ0n) is 20.4. The van der Waals surface area contributed by atoms with Crippen molar-refractivity contribution in [1.29, 1.82) is 0 Å². The van der Waals surface area contributed by atoms with Gasteiger partial charge in [0.2, 0.25) is 5.91 Å². The molecule has 0 bridgehead atoms. The molecule has 0 fully saturated rings. The highest BCUT2D eigenvalue weighted by molar-refractivity contribution is 5.78. The summed E-state index contributed by atoms with van der Waals surface area (Å²) in [4.78, 5) is 12.3. The number of methoxy groups -OCH3 is 1. The van der Waals surface area contributed by atoms with Gasteiger partial charge in [-0.25, -0.2) is 0 Å². The van der Waals surface area contributed by atoms with Crippen LogP contribution >= 0.6 is 0 Å². The third-order valence-corrected chi connectivity index (χ3v) is 6.02. The normalized spacial score (nSPS) is 12.7. The fourth-order valence-electron chi connectivity index (χ4n) is 3.94. The summed E-state index contributed by atoms with van der Waals surface area (Å²) >= 11 is 0. The largest absolute Gasteiger partial charge is 0.504 e. The lowest BCUT2D eigenvalue weighted by Crippen LogP contribution is -2.32. The van der Waals surface area contributed by atoms with Crippen molar-refractivity contribution in [1.82, 2.24) is 10.6 Å². The van der Waals surface area contributed by atoms with E-state index in [1.807, 2.05) is 55.5 Å². The van der Waals surface area contributed by atoms with Gasteiger partial charge >= 0.3 is 0 Å².